The van der Waals surface area contributed by atoms with Gasteiger partial charge in [-0.2, -0.15) is 0 Å². The first-order chi connectivity index (χ1) is 8.63. The fourth-order valence-corrected chi connectivity index (χ4v) is 2.14. The third-order valence-electron chi connectivity index (χ3n) is 2.98. The van der Waals surface area contributed by atoms with Gasteiger partial charge in [-0.3, -0.25) is 0 Å². The molecule has 2 nitrogen and oxygen atoms in total. The van der Waals surface area contributed by atoms with Gasteiger partial charge < -0.3 is 9.90 Å². The van der Waals surface area contributed by atoms with Crippen molar-refractivity contribution in [3.8, 4) is 0 Å². The molecule has 0 fully saturated rings. The van der Waals surface area contributed by atoms with Crippen LogP contribution >= 0.6 is 0 Å². The Bertz CT molecular complexity index is 478. The van der Waals surface area contributed by atoms with Gasteiger partial charge in [-0.05, 0) is 6.92 Å². The second-order valence-electron chi connectivity index (χ2n) is 4.44. The molecule has 92 valence electrons. The first-order valence-electron chi connectivity index (χ1n) is 5.94. The molecule has 0 aromatic heterocycles. The maximum atomic E-state index is 13.1. The third kappa shape index (κ3) is 2.49. The fourth-order valence-electron chi connectivity index (χ4n) is 2.14. The molecule has 0 atom stereocenters. The zero-order chi connectivity index (χ0) is 13.0. The molecule has 0 N–H and O–H groups in total. The highest BCUT2D eigenvalue weighted by atomic mass is 16.3. The Morgan fingerprint density at radius 1 is 0.944 bits per heavy atom. The Morgan fingerprint density at radius 3 is 1.67 bits per heavy atom. The number of carbonyl (C=O) groups excluding carboxylic acids is 1. The van der Waals surface area contributed by atoms with Gasteiger partial charge in [0.05, 0.1) is 0 Å². The van der Waals surface area contributed by atoms with Crippen molar-refractivity contribution in [2.24, 2.45) is 0 Å². The van der Waals surface area contributed by atoms with Crippen LogP contribution in [0.1, 0.15) is 24.5 Å². The van der Waals surface area contributed by atoms with E-state index in [-0.39, 0.29) is 12.2 Å². The SMILES string of the molecule is CC(=O)CC([O-])(c1ccccc1)c1ccccc1. The number of ketones is 1. The summed E-state index contributed by atoms with van der Waals surface area (Å²) in [6, 6.07) is 18.1. The van der Waals surface area contributed by atoms with E-state index >= 15 is 0 Å². The van der Waals surface area contributed by atoms with Crippen LogP contribution in [0.3, 0.4) is 0 Å². The monoisotopic (exact) mass is 239 g/mol. The van der Waals surface area contributed by atoms with Crippen LogP contribution in [0.4, 0.5) is 0 Å². The van der Waals surface area contributed by atoms with Crippen LogP contribution in [0.5, 0.6) is 0 Å². The first kappa shape index (κ1) is 12.5. The predicted octanol–water partition coefficient (Wildman–Crippen LogP) is 2.27. The number of hydrogen-bond acceptors (Lipinski definition) is 2. The molecule has 18 heavy (non-hydrogen) atoms. The summed E-state index contributed by atoms with van der Waals surface area (Å²) in [5, 5.41) is 13.1. The van der Waals surface area contributed by atoms with Crippen molar-refractivity contribution in [3.05, 3.63) is 71.8 Å². The molecule has 0 amide bonds. The van der Waals surface area contributed by atoms with Gasteiger partial charge >= 0.3 is 0 Å². The van der Waals surface area contributed by atoms with Gasteiger partial charge in [0.1, 0.15) is 5.78 Å². The summed E-state index contributed by atoms with van der Waals surface area (Å²) in [5.41, 5.74) is -0.230. The number of hydrogen-bond donors (Lipinski definition) is 0. The van der Waals surface area contributed by atoms with Crippen molar-refractivity contribution >= 4 is 5.78 Å². The largest absolute Gasteiger partial charge is 0.842 e. The molecule has 0 aliphatic rings. The van der Waals surface area contributed by atoms with Crippen LogP contribution in [0.25, 0.3) is 0 Å². The van der Waals surface area contributed by atoms with E-state index in [2.05, 4.69) is 0 Å². The lowest BCUT2D eigenvalue weighted by molar-refractivity contribution is -0.470. The van der Waals surface area contributed by atoms with Crippen molar-refractivity contribution in [1.29, 1.82) is 0 Å². The molecule has 0 bridgehead atoms. The average Bonchev–Trinajstić information content (AvgIpc) is 2.40. The molecule has 2 aromatic rings. The van der Waals surface area contributed by atoms with Crippen LogP contribution in [-0.4, -0.2) is 5.78 Å². The molecule has 0 spiro atoms. The topological polar surface area (TPSA) is 40.1 Å². The maximum absolute atomic E-state index is 13.1. The van der Waals surface area contributed by atoms with Crippen molar-refractivity contribution in [2.75, 3.05) is 0 Å². The number of benzene rings is 2. The standard InChI is InChI=1S/C16H15O2/c1-13(17)12-16(18,14-8-4-2-5-9-14)15-10-6-3-7-11-15/h2-11H,12H2,1H3/q-1. The molecular formula is C16H15O2-. The Labute approximate surface area is 107 Å². The molecule has 0 aliphatic heterocycles. The smallest absolute Gasteiger partial charge is 0.129 e. The van der Waals surface area contributed by atoms with E-state index in [1.807, 2.05) is 36.4 Å². The van der Waals surface area contributed by atoms with Gasteiger partial charge in [0.25, 0.3) is 0 Å². The molecule has 0 saturated heterocycles. The van der Waals surface area contributed by atoms with Gasteiger partial charge in [0, 0.05) is 6.42 Å². The highest BCUT2D eigenvalue weighted by molar-refractivity contribution is 5.77. The summed E-state index contributed by atoms with van der Waals surface area (Å²) >= 11 is 0. The Balaban J connectivity index is 2.51. The van der Waals surface area contributed by atoms with Gasteiger partial charge in [-0.1, -0.05) is 77.4 Å². The molecule has 0 saturated carbocycles. The Morgan fingerprint density at radius 2 is 1.33 bits per heavy atom. The van der Waals surface area contributed by atoms with Crippen LogP contribution in [0.15, 0.2) is 60.7 Å². The zero-order valence-corrected chi connectivity index (χ0v) is 10.3. The summed E-state index contributed by atoms with van der Waals surface area (Å²) < 4.78 is 0. The van der Waals surface area contributed by atoms with E-state index in [1.165, 1.54) is 6.92 Å². The van der Waals surface area contributed by atoms with Crippen LogP contribution in [0, 0.1) is 0 Å². The van der Waals surface area contributed by atoms with Gasteiger partial charge in [0.2, 0.25) is 0 Å². The van der Waals surface area contributed by atoms with Crippen LogP contribution in [0.2, 0.25) is 0 Å². The summed E-state index contributed by atoms with van der Waals surface area (Å²) in [5.74, 6) is -0.0993. The van der Waals surface area contributed by atoms with Gasteiger partial charge in [-0.15, -0.1) is 0 Å². The molecule has 0 heterocycles. The molecule has 2 heteroatoms. The van der Waals surface area contributed by atoms with Crippen molar-refractivity contribution in [1.82, 2.24) is 0 Å². The second-order valence-corrected chi connectivity index (χ2v) is 4.44. The minimum absolute atomic E-state index is 0.0268. The summed E-state index contributed by atoms with van der Waals surface area (Å²) in [4.78, 5) is 11.4. The van der Waals surface area contributed by atoms with E-state index in [9.17, 15) is 9.90 Å². The third-order valence-corrected chi connectivity index (χ3v) is 2.98. The summed E-state index contributed by atoms with van der Waals surface area (Å²) in [7, 11) is 0. The van der Waals surface area contributed by atoms with Gasteiger partial charge in [0.15, 0.2) is 0 Å². The summed E-state index contributed by atoms with van der Waals surface area (Å²) in [6.45, 7) is 1.46. The highest BCUT2D eigenvalue weighted by Gasteiger charge is 2.22. The van der Waals surface area contributed by atoms with E-state index in [0.717, 1.165) is 0 Å². The molecule has 0 aliphatic carbocycles. The van der Waals surface area contributed by atoms with Crippen molar-refractivity contribution < 1.29 is 9.90 Å². The van der Waals surface area contributed by atoms with E-state index in [0.29, 0.717) is 11.1 Å². The van der Waals surface area contributed by atoms with E-state index in [1.54, 1.807) is 24.3 Å². The normalized spacial score (nSPS) is 11.2. The Hall–Kier alpha value is -1.93. The quantitative estimate of drug-likeness (QED) is 0.821. The fraction of sp³-hybridized carbons (Fsp3) is 0.188. The number of Topliss-reactive ketones (excluding diaryl/α,β-unsaturated/α-hetero) is 1. The maximum Gasteiger partial charge on any atom is 0.129 e. The summed E-state index contributed by atoms with van der Waals surface area (Å²) in [6.07, 6.45) is -0.0268. The number of rotatable bonds is 4. The van der Waals surface area contributed by atoms with E-state index in [4.69, 9.17) is 0 Å². The van der Waals surface area contributed by atoms with Crippen molar-refractivity contribution in [3.63, 3.8) is 0 Å². The lowest BCUT2D eigenvalue weighted by atomic mass is 9.82. The van der Waals surface area contributed by atoms with E-state index < -0.39 is 5.60 Å². The van der Waals surface area contributed by atoms with Crippen LogP contribution in [-0.2, 0) is 10.4 Å². The van der Waals surface area contributed by atoms with Crippen molar-refractivity contribution in [2.45, 2.75) is 18.9 Å². The first-order valence-corrected chi connectivity index (χ1v) is 5.94. The number of carbonyl (C=O) groups is 1. The Kier molecular flexibility index (Phi) is 3.58. The highest BCUT2D eigenvalue weighted by Crippen LogP contribution is 2.29. The van der Waals surface area contributed by atoms with Crippen LogP contribution < -0.4 is 5.11 Å². The minimum Gasteiger partial charge on any atom is -0.842 e. The zero-order valence-electron chi connectivity index (χ0n) is 10.3. The van der Waals surface area contributed by atoms with Gasteiger partial charge in [-0.25, -0.2) is 0 Å². The molecule has 0 unspecified atom stereocenters. The lowest BCUT2D eigenvalue weighted by Crippen LogP contribution is -2.43. The minimum atomic E-state index is -1.49. The predicted molar refractivity (Wildman–Crippen MR) is 69.0 cm³/mol. The molecule has 2 aromatic carbocycles. The average molecular weight is 239 g/mol. The molecular weight excluding hydrogens is 224 g/mol. The second kappa shape index (κ2) is 5.15. The molecule has 2 rings (SSSR count). The lowest BCUT2D eigenvalue weighted by Gasteiger charge is -2.41. The molecule has 0 radical (unpaired) electrons.